The van der Waals surface area contributed by atoms with Crippen molar-refractivity contribution in [3.8, 4) is 5.75 Å². The molecule has 1 aromatic carbocycles. The molecular weight excluding hydrogens is 316 g/mol. The van der Waals surface area contributed by atoms with Crippen LogP contribution < -0.4 is 4.74 Å². The molecule has 1 N–H and O–H groups in total. The van der Waals surface area contributed by atoms with Gasteiger partial charge in [0.2, 0.25) is 5.91 Å². The van der Waals surface area contributed by atoms with E-state index in [-0.39, 0.29) is 5.91 Å². The molecule has 0 spiro atoms. The minimum Gasteiger partial charge on any atom is -0.491 e. The van der Waals surface area contributed by atoms with Gasteiger partial charge in [0.1, 0.15) is 18.5 Å². The van der Waals surface area contributed by atoms with Crippen molar-refractivity contribution in [2.45, 2.75) is 57.7 Å². The first-order valence-electron chi connectivity index (χ1n) is 9.43. The van der Waals surface area contributed by atoms with Gasteiger partial charge in [-0.2, -0.15) is 0 Å². The van der Waals surface area contributed by atoms with E-state index >= 15 is 0 Å². The molecule has 2 aliphatic rings. The standard InChI is InChI=1S/C20H30N2O3/c1-15-6-3-7-18(12-15)25-14-17(24)13-21-10-4-8-19(21)20-9-5-11-22(20)16(2)23/h3,6-7,12,17,19-20,24H,4-5,8-11,13-14H2,1-2H3/t17-,19-,20+/m0/s1. The van der Waals surface area contributed by atoms with Crippen molar-refractivity contribution in [3.05, 3.63) is 29.8 Å². The first-order valence-corrected chi connectivity index (χ1v) is 9.43. The summed E-state index contributed by atoms with van der Waals surface area (Å²) in [6.45, 7) is 6.48. The second kappa shape index (κ2) is 8.19. The highest BCUT2D eigenvalue weighted by atomic mass is 16.5. The molecule has 0 radical (unpaired) electrons. The summed E-state index contributed by atoms with van der Waals surface area (Å²) < 4.78 is 5.74. The lowest BCUT2D eigenvalue weighted by Gasteiger charge is -2.35. The number of hydrogen-bond acceptors (Lipinski definition) is 4. The number of likely N-dealkylation sites (tertiary alicyclic amines) is 2. The summed E-state index contributed by atoms with van der Waals surface area (Å²) in [5.74, 6) is 0.980. The Morgan fingerprint density at radius 1 is 1.28 bits per heavy atom. The fourth-order valence-corrected chi connectivity index (χ4v) is 4.32. The number of β-amino-alcohol motifs (C(OH)–C–C–N with tert-alkyl or cyclic N) is 1. The Bertz CT molecular complexity index is 592. The van der Waals surface area contributed by atoms with Crippen LogP contribution in [0.2, 0.25) is 0 Å². The zero-order chi connectivity index (χ0) is 17.8. The second-order valence-electron chi connectivity index (χ2n) is 7.41. The molecule has 0 unspecified atom stereocenters. The molecule has 2 fully saturated rings. The first kappa shape index (κ1) is 18.2. The predicted octanol–water partition coefficient (Wildman–Crippen LogP) is 2.21. The summed E-state index contributed by atoms with van der Waals surface area (Å²) in [4.78, 5) is 16.3. The molecule has 0 bridgehead atoms. The van der Waals surface area contributed by atoms with Crippen molar-refractivity contribution in [2.75, 3.05) is 26.2 Å². The number of rotatable bonds is 6. The molecule has 138 valence electrons. The zero-order valence-corrected chi connectivity index (χ0v) is 15.4. The number of benzene rings is 1. The lowest BCUT2D eigenvalue weighted by Crippen LogP contribution is -2.49. The molecule has 2 saturated heterocycles. The minimum absolute atomic E-state index is 0.178. The summed E-state index contributed by atoms with van der Waals surface area (Å²) in [5, 5.41) is 10.4. The van der Waals surface area contributed by atoms with Crippen LogP contribution in [-0.4, -0.2) is 65.2 Å². The van der Waals surface area contributed by atoms with Gasteiger partial charge in [0.05, 0.1) is 0 Å². The minimum atomic E-state index is -0.520. The van der Waals surface area contributed by atoms with Crippen molar-refractivity contribution in [1.29, 1.82) is 0 Å². The van der Waals surface area contributed by atoms with E-state index in [4.69, 9.17) is 4.74 Å². The highest BCUT2D eigenvalue weighted by Gasteiger charge is 2.39. The molecule has 0 aromatic heterocycles. The fourth-order valence-electron chi connectivity index (χ4n) is 4.32. The van der Waals surface area contributed by atoms with Gasteiger partial charge in [-0.15, -0.1) is 0 Å². The van der Waals surface area contributed by atoms with Crippen molar-refractivity contribution < 1.29 is 14.6 Å². The van der Waals surface area contributed by atoms with Crippen LogP contribution in [-0.2, 0) is 4.79 Å². The molecule has 5 nitrogen and oxygen atoms in total. The molecule has 1 amide bonds. The summed E-state index contributed by atoms with van der Waals surface area (Å²) in [5.41, 5.74) is 1.15. The number of ether oxygens (including phenoxy) is 1. The zero-order valence-electron chi connectivity index (χ0n) is 15.4. The highest BCUT2D eigenvalue weighted by Crippen LogP contribution is 2.30. The third-order valence-electron chi connectivity index (χ3n) is 5.44. The Kier molecular flexibility index (Phi) is 5.97. The number of hydrogen-bond donors (Lipinski definition) is 1. The Morgan fingerprint density at radius 2 is 2.04 bits per heavy atom. The van der Waals surface area contributed by atoms with Gasteiger partial charge in [0.15, 0.2) is 0 Å². The Labute approximate surface area is 150 Å². The van der Waals surface area contributed by atoms with Crippen LogP contribution in [0.15, 0.2) is 24.3 Å². The van der Waals surface area contributed by atoms with Crippen LogP contribution in [0.4, 0.5) is 0 Å². The molecule has 1 aromatic rings. The molecule has 3 rings (SSSR count). The summed E-state index contributed by atoms with van der Waals surface area (Å²) in [6.07, 6.45) is 3.90. The molecule has 0 saturated carbocycles. The number of amides is 1. The molecule has 2 aliphatic heterocycles. The summed E-state index contributed by atoms with van der Waals surface area (Å²) in [6, 6.07) is 8.57. The van der Waals surface area contributed by atoms with Crippen LogP contribution in [0.3, 0.4) is 0 Å². The molecule has 25 heavy (non-hydrogen) atoms. The van der Waals surface area contributed by atoms with Crippen LogP contribution in [0, 0.1) is 6.92 Å². The van der Waals surface area contributed by atoms with Gasteiger partial charge in [-0.3, -0.25) is 9.69 Å². The molecule has 3 atom stereocenters. The van der Waals surface area contributed by atoms with E-state index in [1.54, 1.807) is 6.92 Å². The quantitative estimate of drug-likeness (QED) is 0.858. The lowest BCUT2D eigenvalue weighted by molar-refractivity contribution is -0.130. The third-order valence-corrected chi connectivity index (χ3v) is 5.44. The highest BCUT2D eigenvalue weighted by molar-refractivity contribution is 5.74. The third kappa shape index (κ3) is 4.53. The van der Waals surface area contributed by atoms with Crippen LogP contribution in [0.1, 0.15) is 38.2 Å². The lowest BCUT2D eigenvalue weighted by atomic mass is 10.0. The van der Waals surface area contributed by atoms with Crippen LogP contribution in [0.5, 0.6) is 5.75 Å². The van der Waals surface area contributed by atoms with Crippen LogP contribution >= 0.6 is 0 Å². The summed E-state index contributed by atoms with van der Waals surface area (Å²) >= 11 is 0. The number of carbonyl (C=O) groups is 1. The maximum absolute atomic E-state index is 11.9. The Morgan fingerprint density at radius 3 is 2.80 bits per heavy atom. The normalized spacial score (nSPS) is 25.3. The van der Waals surface area contributed by atoms with E-state index in [0.29, 0.717) is 25.2 Å². The van der Waals surface area contributed by atoms with E-state index < -0.39 is 6.10 Å². The van der Waals surface area contributed by atoms with Gasteiger partial charge in [-0.05, 0) is 56.8 Å². The number of aryl methyl sites for hydroxylation is 1. The van der Waals surface area contributed by atoms with Gasteiger partial charge >= 0.3 is 0 Å². The van der Waals surface area contributed by atoms with E-state index in [1.165, 1.54) is 0 Å². The van der Waals surface area contributed by atoms with E-state index in [1.807, 2.05) is 36.1 Å². The molecule has 0 aliphatic carbocycles. The van der Waals surface area contributed by atoms with Crippen molar-refractivity contribution in [3.63, 3.8) is 0 Å². The van der Waals surface area contributed by atoms with Gasteiger partial charge in [0, 0.05) is 32.1 Å². The second-order valence-corrected chi connectivity index (χ2v) is 7.41. The fraction of sp³-hybridized carbons (Fsp3) is 0.650. The van der Waals surface area contributed by atoms with Gasteiger partial charge in [-0.1, -0.05) is 12.1 Å². The smallest absolute Gasteiger partial charge is 0.219 e. The van der Waals surface area contributed by atoms with E-state index in [9.17, 15) is 9.90 Å². The topological polar surface area (TPSA) is 53.0 Å². The van der Waals surface area contributed by atoms with Crippen molar-refractivity contribution >= 4 is 5.91 Å². The van der Waals surface area contributed by atoms with Crippen molar-refractivity contribution in [2.24, 2.45) is 0 Å². The predicted molar refractivity (Wildman–Crippen MR) is 97.7 cm³/mol. The Hall–Kier alpha value is -1.59. The van der Waals surface area contributed by atoms with Gasteiger partial charge < -0.3 is 14.7 Å². The largest absolute Gasteiger partial charge is 0.491 e. The van der Waals surface area contributed by atoms with E-state index in [0.717, 1.165) is 50.1 Å². The molecule has 5 heteroatoms. The Balaban J connectivity index is 1.53. The monoisotopic (exact) mass is 346 g/mol. The summed E-state index contributed by atoms with van der Waals surface area (Å²) in [7, 11) is 0. The first-order chi connectivity index (χ1) is 12.0. The maximum Gasteiger partial charge on any atom is 0.219 e. The number of aliphatic hydroxyl groups is 1. The van der Waals surface area contributed by atoms with Gasteiger partial charge in [-0.25, -0.2) is 0 Å². The number of nitrogens with zero attached hydrogens (tertiary/aromatic N) is 2. The average Bonchev–Trinajstić information content (AvgIpc) is 3.21. The number of aliphatic hydroxyl groups excluding tert-OH is 1. The maximum atomic E-state index is 11.9. The van der Waals surface area contributed by atoms with Gasteiger partial charge in [0.25, 0.3) is 0 Å². The SMILES string of the molecule is CC(=O)N1CCC[C@@H]1[C@@H]1CCCN1C[C@H](O)COc1cccc(C)c1. The molecule has 2 heterocycles. The van der Waals surface area contributed by atoms with Crippen molar-refractivity contribution in [1.82, 2.24) is 9.80 Å². The van der Waals surface area contributed by atoms with E-state index in [2.05, 4.69) is 4.90 Å². The average molecular weight is 346 g/mol. The molecular formula is C20H30N2O3. The van der Waals surface area contributed by atoms with Crippen LogP contribution in [0.25, 0.3) is 0 Å². The number of carbonyl (C=O) groups excluding carboxylic acids is 1.